The fourth-order valence-electron chi connectivity index (χ4n) is 4.51. The maximum atomic E-state index is 14.4. The van der Waals surface area contributed by atoms with E-state index in [2.05, 4.69) is 21.2 Å². The van der Waals surface area contributed by atoms with Crippen LogP contribution in [-0.4, -0.2) is 53.2 Å². The van der Waals surface area contributed by atoms with Crippen LogP contribution in [0.1, 0.15) is 31.4 Å². The zero-order valence-electron chi connectivity index (χ0n) is 15.2. The summed E-state index contributed by atoms with van der Waals surface area (Å²) in [7, 11) is 0. The summed E-state index contributed by atoms with van der Waals surface area (Å²) >= 11 is 0. The van der Waals surface area contributed by atoms with Gasteiger partial charge in [0.2, 0.25) is 11.8 Å². The number of likely N-dealkylation sites (tertiary alicyclic amines) is 1. The highest BCUT2D eigenvalue weighted by molar-refractivity contribution is 5.89. The van der Waals surface area contributed by atoms with Crippen molar-refractivity contribution in [3.05, 3.63) is 30.1 Å². The number of halogens is 1. The molecule has 146 valence electrons. The third kappa shape index (κ3) is 3.82. The smallest absolute Gasteiger partial charge is 0.225 e. The number of rotatable bonds is 5. The van der Waals surface area contributed by atoms with E-state index in [4.69, 9.17) is 0 Å². The quantitative estimate of drug-likeness (QED) is 0.699. The molecule has 5 atom stereocenters. The van der Waals surface area contributed by atoms with Gasteiger partial charge >= 0.3 is 0 Å². The summed E-state index contributed by atoms with van der Waals surface area (Å²) in [5.41, 5.74) is 7.16. The normalized spacial score (nSPS) is 33.1. The predicted molar refractivity (Wildman–Crippen MR) is 96.9 cm³/mol. The molecule has 3 N–H and O–H groups in total. The molecule has 2 aliphatic heterocycles. The monoisotopic (exact) mass is 375 g/mol. The van der Waals surface area contributed by atoms with E-state index in [9.17, 15) is 14.0 Å². The van der Waals surface area contributed by atoms with Crippen LogP contribution in [-0.2, 0) is 16.0 Å². The SMILES string of the molecule is O=C(NCCc1ccccn1)C1CC(=O)N(C2NNC3CCCC(F)C32)C1. The molecule has 7 nitrogen and oxygen atoms in total. The zero-order chi connectivity index (χ0) is 18.8. The molecule has 0 spiro atoms. The van der Waals surface area contributed by atoms with Crippen LogP contribution in [0.2, 0.25) is 0 Å². The molecule has 3 fully saturated rings. The van der Waals surface area contributed by atoms with Crippen molar-refractivity contribution in [2.75, 3.05) is 13.1 Å². The second kappa shape index (κ2) is 7.90. The van der Waals surface area contributed by atoms with E-state index in [-0.39, 0.29) is 42.3 Å². The number of nitrogens with zero attached hydrogens (tertiary/aromatic N) is 2. The Balaban J connectivity index is 1.31. The number of nitrogens with one attached hydrogen (secondary N) is 3. The van der Waals surface area contributed by atoms with Crippen LogP contribution in [0.15, 0.2) is 24.4 Å². The molecule has 0 radical (unpaired) electrons. The van der Waals surface area contributed by atoms with E-state index in [1.54, 1.807) is 11.1 Å². The summed E-state index contributed by atoms with van der Waals surface area (Å²) in [6.45, 7) is 0.824. The molecule has 0 bridgehead atoms. The van der Waals surface area contributed by atoms with Gasteiger partial charge in [0.15, 0.2) is 0 Å². The van der Waals surface area contributed by atoms with E-state index >= 15 is 0 Å². The molecular weight excluding hydrogens is 349 g/mol. The van der Waals surface area contributed by atoms with Gasteiger partial charge in [0.05, 0.1) is 5.92 Å². The Bertz CT molecular complexity index is 688. The predicted octanol–water partition coefficient (Wildman–Crippen LogP) is 0.530. The second-order valence-corrected chi connectivity index (χ2v) is 7.67. The van der Waals surface area contributed by atoms with Crippen LogP contribution in [0.3, 0.4) is 0 Å². The van der Waals surface area contributed by atoms with E-state index < -0.39 is 6.17 Å². The van der Waals surface area contributed by atoms with E-state index in [1.807, 2.05) is 18.2 Å². The minimum atomic E-state index is -0.921. The van der Waals surface area contributed by atoms with Crippen molar-refractivity contribution in [1.82, 2.24) is 26.1 Å². The van der Waals surface area contributed by atoms with E-state index in [1.165, 1.54) is 0 Å². The number of amides is 2. The summed E-state index contributed by atoms with van der Waals surface area (Å²) in [6.07, 6.45) is 3.58. The summed E-state index contributed by atoms with van der Waals surface area (Å²) < 4.78 is 14.4. The lowest BCUT2D eigenvalue weighted by molar-refractivity contribution is -0.131. The average Bonchev–Trinajstić information content (AvgIpc) is 3.27. The fraction of sp³-hybridized carbons (Fsp3) is 0.632. The Hall–Kier alpha value is -2.06. The molecule has 3 aliphatic rings. The number of alkyl halides is 1. The first-order valence-corrected chi connectivity index (χ1v) is 9.75. The van der Waals surface area contributed by atoms with Crippen LogP contribution >= 0.6 is 0 Å². The third-order valence-electron chi connectivity index (χ3n) is 5.93. The van der Waals surface area contributed by atoms with E-state index in [0.29, 0.717) is 25.9 Å². The van der Waals surface area contributed by atoms with Crippen molar-refractivity contribution in [2.45, 2.75) is 50.5 Å². The van der Waals surface area contributed by atoms with Gasteiger partial charge in [-0.25, -0.2) is 9.82 Å². The average molecular weight is 375 g/mol. The highest BCUT2D eigenvalue weighted by Crippen LogP contribution is 2.35. The number of carbonyl (C=O) groups is 2. The van der Waals surface area contributed by atoms with Gasteiger partial charge in [-0.2, -0.15) is 0 Å². The Morgan fingerprint density at radius 1 is 1.33 bits per heavy atom. The summed E-state index contributed by atoms with van der Waals surface area (Å²) in [5.74, 6) is -0.834. The molecule has 1 aromatic rings. The number of hydrazine groups is 1. The van der Waals surface area contributed by atoms with Gasteiger partial charge in [-0.05, 0) is 31.4 Å². The molecule has 2 amide bonds. The standard InChI is InChI=1S/C19H26FN5O2/c20-14-5-3-6-15-17(14)18(24-23-15)25-11-12(10-16(25)26)19(27)22-9-7-13-4-1-2-8-21-13/h1-2,4,8,12,14-15,17-18,23-24H,3,5-7,9-11H2,(H,22,27). The molecule has 27 heavy (non-hydrogen) atoms. The largest absolute Gasteiger partial charge is 0.355 e. The second-order valence-electron chi connectivity index (χ2n) is 7.67. The fourth-order valence-corrected chi connectivity index (χ4v) is 4.51. The lowest BCUT2D eigenvalue weighted by atomic mass is 9.82. The number of pyridine rings is 1. The lowest BCUT2D eigenvalue weighted by Gasteiger charge is -2.34. The topological polar surface area (TPSA) is 86.4 Å². The van der Waals surface area contributed by atoms with Crippen molar-refractivity contribution in [3.8, 4) is 0 Å². The highest BCUT2D eigenvalue weighted by atomic mass is 19.1. The molecule has 2 saturated heterocycles. The van der Waals surface area contributed by atoms with Crippen LogP contribution in [0.4, 0.5) is 4.39 Å². The highest BCUT2D eigenvalue weighted by Gasteiger charge is 2.49. The lowest BCUT2D eigenvalue weighted by Crippen LogP contribution is -2.50. The minimum Gasteiger partial charge on any atom is -0.355 e. The summed E-state index contributed by atoms with van der Waals surface area (Å²) in [4.78, 5) is 30.8. The third-order valence-corrected chi connectivity index (χ3v) is 5.93. The first-order chi connectivity index (χ1) is 13.1. The van der Waals surface area contributed by atoms with Crippen LogP contribution in [0, 0.1) is 11.8 Å². The van der Waals surface area contributed by atoms with Gasteiger partial charge in [-0.1, -0.05) is 6.07 Å². The van der Waals surface area contributed by atoms with Crippen molar-refractivity contribution < 1.29 is 14.0 Å². The maximum absolute atomic E-state index is 14.4. The van der Waals surface area contributed by atoms with Gasteiger partial charge in [-0.15, -0.1) is 0 Å². The molecule has 1 aromatic heterocycles. The number of aromatic nitrogens is 1. The van der Waals surface area contributed by atoms with Gasteiger partial charge in [0, 0.05) is 49.8 Å². The van der Waals surface area contributed by atoms with Gasteiger partial charge in [-0.3, -0.25) is 20.0 Å². The Labute approximate surface area is 158 Å². The number of hydrogen-bond donors (Lipinski definition) is 3. The number of carbonyl (C=O) groups excluding carboxylic acids is 2. The van der Waals surface area contributed by atoms with Crippen molar-refractivity contribution >= 4 is 11.8 Å². The van der Waals surface area contributed by atoms with Gasteiger partial charge in [0.1, 0.15) is 12.3 Å². The first-order valence-electron chi connectivity index (χ1n) is 9.75. The molecular formula is C19H26FN5O2. The van der Waals surface area contributed by atoms with Gasteiger partial charge < -0.3 is 10.2 Å². The molecule has 1 aliphatic carbocycles. The zero-order valence-corrected chi connectivity index (χ0v) is 15.2. The number of fused-ring (bicyclic) bond motifs is 1. The Morgan fingerprint density at radius 2 is 2.22 bits per heavy atom. The molecule has 8 heteroatoms. The van der Waals surface area contributed by atoms with Crippen molar-refractivity contribution in [1.29, 1.82) is 0 Å². The van der Waals surface area contributed by atoms with Crippen LogP contribution in [0.25, 0.3) is 0 Å². The number of hydrogen-bond acceptors (Lipinski definition) is 5. The molecule has 1 saturated carbocycles. The molecule has 3 heterocycles. The Morgan fingerprint density at radius 3 is 3.04 bits per heavy atom. The van der Waals surface area contributed by atoms with Gasteiger partial charge in [0.25, 0.3) is 0 Å². The maximum Gasteiger partial charge on any atom is 0.225 e. The van der Waals surface area contributed by atoms with E-state index in [0.717, 1.165) is 18.5 Å². The van der Waals surface area contributed by atoms with Crippen LogP contribution in [0.5, 0.6) is 0 Å². The summed E-state index contributed by atoms with van der Waals surface area (Å²) in [6, 6.07) is 5.74. The molecule has 4 rings (SSSR count). The molecule has 0 aromatic carbocycles. The summed E-state index contributed by atoms with van der Waals surface area (Å²) in [5, 5.41) is 2.90. The first kappa shape index (κ1) is 18.3. The van der Waals surface area contributed by atoms with Crippen LogP contribution < -0.4 is 16.2 Å². The molecule has 5 unspecified atom stereocenters. The minimum absolute atomic E-state index is 0.0535. The van der Waals surface area contributed by atoms with Crippen molar-refractivity contribution in [2.24, 2.45) is 11.8 Å². The Kier molecular flexibility index (Phi) is 5.36. The van der Waals surface area contributed by atoms with Crippen molar-refractivity contribution in [3.63, 3.8) is 0 Å².